The Morgan fingerprint density at radius 3 is 2.45 bits per heavy atom. The van der Waals surface area contributed by atoms with Crippen molar-refractivity contribution in [2.45, 2.75) is 38.3 Å². The first-order chi connectivity index (χ1) is 15.7. The van der Waals surface area contributed by atoms with Crippen molar-refractivity contribution in [1.29, 1.82) is 0 Å². The van der Waals surface area contributed by atoms with Gasteiger partial charge in [-0.15, -0.1) is 0 Å². The first-order valence-electron chi connectivity index (χ1n) is 10.7. The largest absolute Gasteiger partial charge is 0.433 e. The van der Waals surface area contributed by atoms with Gasteiger partial charge in [-0.3, -0.25) is 0 Å². The van der Waals surface area contributed by atoms with Crippen LogP contribution in [0.5, 0.6) is 0 Å². The average molecular weight is 504 g/mol. The quantitative estimate of drug-likeness (QED) is 0.261. The Balaban J connectivity index is 1.67. The zero-order valence-corrected chi connectivity index (χ0v) is 19.4. The Hall–Kier alpha value is -2.30. The van der Waals surface area contributed by atoms with Crippen LogP contribution in [0, 0.1) is 0 Å². The molecule has 4 N–H and O–H groups in total. The number of nitrogens with zero attached hydrogens (tertiary/aromatic N) is 4. The monoisotopic (exact) mass is 503 g/mol. The number of hydrogen-bond acceptors (Lipinski definition) is 5. The van der Waals surface area contributed by atoms with E-state index in [1.165, 1.54) is 31.7 Å². The molecule has 1 aliphatic rings. The molecule has 3 rings (SSSR count). The van der Waals surface area contributed by atoms with E-state index in [1.807, 2.05) is 0 Å². The van der Waals surface area contributed by atoms with Crippen LogP contribution < -0.4 is 16.4 Å². The van der Waals surface area contributed by atoms with Gasteiger partial charge in [0.05, 0.1) is 10.0 Å². The molecule has 0 spiro atoms. The highest BCUT2D eigenvalue weighted by Crippen LogP contribution is 2.30. The normalized spacial score (nSPS) is 15.8. The highest BCUT2D eigenvalue weighted by Gasteiger charge is 2.33. The first kappa shape index (κ1) is 25.3. The third kappa shape index (κ3) is 8.21. The van der Waals surface area contributed by atoms with Crippen molar-refractivity contribution in [3.63, 3.8) is 0 Å². The summed E-state index contributed by atoms with van der Waals surface area (Å²) in [6, 6.07) is 5.53. The number of nitrogens with one attached hydrogen (secondary N) is 2. The van der Waals surface area contributed by atoms with Crippen LogP contribution in [0.2, 0.25) is 10.0 Å². The van der Waals surface area contributed by atoms with Gasteiger partial charge in [-0.2, -0.15) is 23.1 Å². The van der Waals surface area contributed by atoms with Gasteiger partial charge in [-0.25, -0.2) is 4.98 Å². The number of anilines is 2. The summed E-state index contributed by atoms with van der Waals surface area (Å²) in [6.45, 7) is 3.49. The minimum atomic E-state index is -4.65. The van der Waals surface area contributed by atoms with Gasteiger partial charge in [-0.1, -0.05) is 36.0 Å². The van der Waals surface area contributed by atoms with Crippen LogP contribution >= 0.6 is 23.2 Å². The van der Waals surface area contributed by atoms with E-state index in [0.29, 0.717) is 17.3 Å². The molecule has 1 aliphatic heterocycles. The molecule has 2 heterocycles. The SMILES string of the molecule is N/C(=N\c1nc(NCCCN2CCCCCC2)cc(C(F)(F)F)n1)Nc1ccc(Cl)c(Cl)c1. The molecule has 12 heteroatoms. The summed E-state index contributed by atoms with van der Waals surface area (Å²) in [7, 11) is 0. The van der Waals surface area contributed by atoms with E-state index in [2.05, 4.69) is 30.5 Å². The molecule has 1 saturated heterocycles. The van der Waals surface area contributed by atoms with E-state index in [4.69, 9.17) is 28.9 Å². The smallest absolute Gasteiger partial charge is 0.370 e. The van der Waals surface area contributed by atoms with Crippen molar-refractivity contribution >= 4 is 46.6 Å². The Labute approximate surface area is 200 Å². The topological polar surface area (TPSA) is 91.5 Å². The fourth-order valence-electron chi connectivity index (χ4n) is 3.46. The van der Waals surface area contributed by atoms with Gasteiger partial charge in [0.1, 0.15) is 5.82 Å². The molecule has 1 aromatic carbocycles. The number of nitrogens with two attached hydrogens (primary N) is 1. The van der Waals surface area contributed by atoms with E-state index < -0.39 is 17.8 Å². The second-order valence-electron chi connectivity index (χ2n) is 7.72. The predicted octanol–water partition coefficient (Wildman–Crippen LogP) is 5.54. The number of alkyl halides is 3. The van der Waals surface area contributed by atoms with Crippen LogP contribution in [0.15, 0.2) is 29.3 Å². The van der Waals surface area contributed by atoms with E-state index in [-0.39, 0.29) is 16.8 Å². The maximum absolute atomic E-state index is 13.3. The lowest BCUT2D eigenvalue weighted by Crippen LogP contribution is -2.27. The molecule has 0 saturated carbocycles. The summed E-state index contributed by atoms with van der Waals surface area (Å²) in [4.78, 5) is 13.8. The Bertz CT molecular complexity index is 961. The second kappa shape index (κ2) is 11.7. The van der Waals surface area contributed by atoms with E-state index in [9.17, 15) is 13.2 Å². The summed E-state index contributed by atoms with van der Waals surface area (Å²) in [5.41, 5.74) is 5.19. The zero-order valence-electron chi connectivity index (χ0n) is 17.9. The number of rotatable bonds is 7. The van der Waals surface area contributed by atoms with Crippen molar-refractivity contribution in [3.8, 4) is 0 Å². The number of guanidine groups is 1. The number of aromatic nitrogens is 2. The Morgan fingerprint density at radius 1 is 1.06 bits per heavy atom. The summed E-state index contributed by atoms with van der Waals surface area (Å²) in [6.07, 6.45) is 1.01. The number of benzene rings is 1. The minimum Gasteiger partial charge on any atom is -0.370 e. The number of likely N-dealkylation sites (tertiary alicyclic amines) is 1. The molecule has 1 fully saturated rings. The molecular weight excluding hydrogens is 478 g/mol. The summed E-state index contributed by atoms with van der Waals surface area (Å²) in [5.74, 6) is -0.570. The molecule has 2 aromatic rings. The number of halogens is 5. The van der Waals surface area contributed by atoms with Crippen molar-refractivity contribution in [2.24, 2.45) is 10.7 Å². The van der Waals surface area contributed by atoms with Crippen LogP contribution in [0.4, 0.5) is 30.6 Å². The van der Waals surface area contributed by atoms with Gasteiger partial charge < -0.3 is 21.3 Å². The van der Waals surface area contributed by atoms with Gasteiger partial charge in [0.15, 0.2) is 5.69 Å². The maximum Gasteiger partial charge on any atom is 0.433 e. The highest BCUT2D eigenvalue weighted by molar-refractivity contribution is 6.42. The molecule has 33 heavy (non-hydrogen) atoms. The molecular formula is C21H26Cl2F3N7. The standard InChI is InChI=1S/C21H26Cl2F3N7/c22-15-7-6-14(12-16(15)23)29-19(27)32-20-30-17(21(24,25)26)13-18(31-20)28-8-5-11-33-9-3-1-2-4-10-33/h6-7,12-13H,1-5,8-11H2,(H4,27,28,29,30,31,32). The molecule has 0 atom stereocenters. The van der Waals surface area contributed by atoms with Gasteiger partial charge in [0, 0.05) is 18.3 Å². The van der Waals surface area contributed by atoms with E-state index in [1.54, 1.807) is 12.1 Å². The molecule has 7 nitrogen and oxygen atoms in total. The van der Waals surface area contributed by atoms with E-state index >= 15 is 0 Å². The summed E-state index contributed by atoms with van der Waals surface area (Å²) in [5, 5.41) is 6.32. The molecule has 1 aromatic heterocycles. The predicted molar refractivity (Wildman–Crippen MR) is 126 cm³/mol. The van der Waals surface area contributed by atoms with Crippen LogP contribution in [-0.4, -0.2) is 47.0 Å². The van der Waals surface area contributed by atoms with Crippen molar-refractivity contribution in [1.82, 2.24) is 14.9 Å². The average Bonchev–Trinajstić information content (AvgIpc) is 3.02. The molecule has 0 unspecified atom stereocenters. The Morgan fingerprint density at radius 2 is 1.79 bits per heavy atom. The van der Waals surface area contributed by atoms with Gasteiger partial charge in [-0.05, 0) is 57.1 Å². The van der Waals surface area contributed by atoms with Crippen molar-refractivity contribution in [3.05, 3.63) is 40.0 Å². The molecule has 0 aliphatic carbocycles. The van der Waals surface area contributed by atoms with Crippen molar-refractivity contribution in [2.75, 3.05) is 36.8 Å². The third-order valence-corrected chi connectivity index (χ3v) is 5.81. The fourth-order valence-corrected chi connectivity index (χ4v) is 3.75. The summed E-state index contributed by atoms with van der Waals surface area (Å²) >= 11 is 11.8. The number of hydrogen-bond donors (Lipinski definition) is 3. The molecule has 0 amide bonds. The van der Waals surface area contributed by atoms with Crippen molar-refractivity contribution < 1.29 is 13.2 Å². The molecule has 0 bridgehead atoms. The van der Waals surface area contributed by atoms with Crippen LogP contribution in [-0.2, 0) is 6.18 Å². The second-order valence-corrected chi connectivity index (χ2v) is 8.54. The highest BCUT2D eigenvalue weighted by atomic mass is 35.5. The summed E-state index contributed by atoms with van der Waals surface area (Å²) < 4.78 is 40.0. The third-order valence-electron chi connectivity index (χ3n) is 5.07. The lowest BCUT2D eigenvalue weighted by atomic mass is 10.2. The molecule has 0 radical (unpaired) electrons. The number of aliphatic imine (C=N–C) groups is 1. The maximum atomic E-state index is 13.3. The lowest BCUT2D eigenvalue weighted by molar-refractivity contribution is -0.141. The minimum absolute atomic E-state index is 0.0364. The van der Waals surface area contributed by atoms with E-state index in [0.717, 1.165) is 32.1 Å². The fraction of sp³-hybridized carbons (Fsp3) is 0.476. The van der Waals surface area contributed by atoms with Gasteiger partial charge in [0.2, 0.25) is 5.96 Å². The lowest BCUT2D eigenvalue weighted by Gasteiger charge is -2.19. The van der Waals surface area contributed by atoms with Crippen LogP contribution in [0.25, 0.3) is 0 Å². The van der Waals surface area contributed by atoms with Gasteiger partial charge >= 0.3 is 6.18 Å². The Kier molecular flexibility index (Phi) is 8.99. The van der Waals surface area contributed by atoms with Gasteiger partial charge in [0.25, 0.3) is 5.95 Å². The first-order valence-corrected chi connectivity index (χ1v) is 11.4. The van der Waals surface area contributed by atoms with Crippen LogP contribution in [0.3, 0.4) is 0 Å². The molecule has 180 valence electrons. The zero-order chi connectivity index (χ0) is 23.8. The van der Waals surface area contributed by atoms with Crippen LogP contribution in [0.1, 0.15) is 37.8 Å².